The fourth-order valence-electron chi connectivity index (χ4n) is 5.00. The van der Waals surface area contributed by atoms with E-state index in [0.29, 0.717) is 11.6 Å². The first-order chi connectivity index (χ1) is 16.6. The molecular formula is C27H31FN4O3. The first-order valence-corrected chi connectivity index (χ1v) is 11.9. The van der Waals surface area contributed by atoms with E-state index in [2.05, 4.69) is 55.4 Å². The molecule has 1 fully saturated rings. The van der Waals surface area contributed by atoms with Crippen molar-refractivity contribution in [3.63, 3.8) is 0 Å². The molecule has 184 valence electrons. The number of urea groups is 1. The van der Waals surface area contributed by atoms with Crippen LogP contribution in [0.2, 0.25) is 0 Å². The highest BCUT2D eigenvalue weighted by molar-refractivity contribution is 6.16. The summed E-state index contributed by atoms with van der Waals surface area (Å²) in [5, 5.41) is 5.13. The zero-order chi connectivity index (χ0) is 25.3. The molecule has 2 heterocycles. The molecule has 0 bridgehead atoms. The second-order valence-electron chi connectivity index (χ2n) is 9.82. The van der Waals surface area contributed by atoms with E-state index in [9.17, 15) is 18.8 Å². The van der Waals surface area contributed by atoms with Crippen molar-refractivity contribution in [1.29, 1.82) is 0 Å². The van der Waals surface area contributed by atoms with Crippen LogP contribution in [0, 0.1) is 5.82 Å². The number of imide groups is 1. The van der Waals surface area contributed by atoms with Gasteiger partial charge in [0.25, 0.3) is 5.91 Å². The molecule has 2 N–H and O–H groups in total. The van der Waals surface area contributed by atoms with E-state index in [1.54, 1.807) is 6.08 Å². The van der Waals surface area contributed by atoms with Crippen LogP contribution in [0.4, 0.5) is 20.6 Å². The molecule has 1 atom stereocenters. The monoisotopic (exact) mass is 478 g/mol. The Hall–Kier alpha value is -3.68. The fraction of sp³-hybridized carbons (Fsp3) is 0.370. The molecule has 0 aliphatic carbocycles. The van der Waals surface area contributed by atoms with E-state index in [4.69, 9.17) is 0 Å². The molecular weight excluding hydrogens is 447 g/mol. The predicted octanol–water partition coefficient (Wildman–Crippen LogP) is 4.86. The molecule has 4 amide bonds. The maximum Gasteiger partial charge on any atom is 0.329 e. The summed E-state index contributed by atoms with van der Waals surface area (Å²) in [5.41, 5.74) is 3.81. The summed E-state index contributed by atoms with van der Waals surface area (Å²) in [7, 11) is 0. The molecule has 2 aliphatic rings. The minimum atomic E-state index is -0.655. The molecule has 0 saturated carbocycles. The minimum absolute atomic E-state index is 0.0623. The highest BCUT2D eigenvalue weighted by Gasteiger charge is 2.37. The number of hydrogen-bond acceptors (Lipinski definition) is 4. The normalized spacial score (nSPS) is 20.1. The number of carbonyl (C=O) groups is 3. The average molecular weight is 479 g/mol. The lowest BCUT2D eigenvalue weighted by atomic mass is 9.79. The molecule has 0 radical (unpaired) electrons. The number of anilines is 2. The number of halogens is 1. The van der Waals surface area contributed by atoms with Crippen molar-refractivity contribution in [1.82, 2.24) is 10.2 Å². The number of carbonyl (C=O) groups excluding carboxylic acids is 3. The second kappa shape index (κ2) is 9.52. The van der Waals surface area contributed by atoms with Gasteiger partial charge in [-0.15, -0.1) is 0 Å². The van der Waals surface area contributed by atoms with Gasteiger partial charge in [-0.1, -0.05) is 19.9 Å². The quantitative estimate of drug-likeness (QED) is 0.459. The van der Waals surface area contributed by atoms with Gasteiger partial charge >= 0.3 is 6.03 Å². The number of benzene rings is 2. The van der Waals surface area contributed by atoms with Crippen LogP contribution in [0.5, 0.6) is 0 Å². The Labute approximate surface area is 205 Å². The Kier molecular flexibility index (Phi) is 6.65. The molecule has 8 heteroatoms. The second-order valence-corrected chi connectivity index (χ2v) is 9.82. The number of nitrogens with one attached hydrogen (secondary N) is 2. The third kappa shape index (κ3) is 5.06. The van der Waals surface area contributed by atoms with E-state index in [1.807, 2.05) is 6.07 Å². The van der Waals surface area contributed by atoms with E-state index < -0.39 is 30.2 Å². The Morgan fingerprint density at radius 2 is 1.91 bits per heavy atom. The number of amides is 4. The molecule has 2 aromatic rings. The Balaban J connectivity index is 1.51. The van der Waals surface area contributed by atoms with Crippen molar-refractivity contribution < 1.29 is 18.8 Å². The highest BCUT2D eigenvalue weighted by Crippen LogP contribution is 2.43. The van der Waals surface area contributed by atoms with Crippen molar-refractivity contribution >= 4 is 35.3 Å². The molecule has 35 heavy (non-hydrogen) atoms. The van der Waals surface area contributed by atoms with Gasteiger partial charge in [-0.3, -0.25) is 9.59 Å². The lowest BCUT2D eigenvalue weighted by Crippen LogP contribution is -2.48. The van der Waals surface area contributed by atoms with Crippen molar-refractivity contribution in [2.45, 2.75) is 52.0 Å². The van der Waals surface area contributed by atoms with Crippen LogP contribution in [0.25, 0.3) is 6.08 Å². The van der Waals surface area contributed by atoms with Gasteiger partial charge in [0.2, 0.25) is 5.91 Å². The summed E-state index contributed by atoms with van der Waals surface area (Å²) in [6, 6.07) is 10.7. The van der Waals surface area contributed by atoms with Gasteiger partial charge in [0.05, 0.1) is 0 Å². The number of nitrogens with zero attached hydrogens (tertiary/aromatic N) is 2. The molecule has 7 nitrogen and oxygen atoms in total. The SMILES string of the molecule is CCCN1c2ccc(/C=C3/NC(=O)N(CC(=O)Nc4ccc(F)cc4)C3=O)cc2C(C)CC1(C)C. The standard InChI is InChI=1S/C27H31FN4O3/c1-5-12-32-23-11-6-18(13-21(23)17(2)15-27(32,3)4)14-22-25(34)31(26(35)30-22)16-24(33)29-20-9-7-19(28)8-10-20/h6-11,13-14,17H,5,12,15-16H2,1-4H3,(H,29,33)(H,30,35)/b22-14+. The highest BCUT2D eigenvalue weighted by atomic mass is 19.1. The van der Waals surface area contributed by atoms with Crippen LogP contribution in [0.15, 0.2) is 48.2 Å². The fourth-order valence-corrected chi connectivity index (χ4v) is 5.00. The van der Waals surface area contributed by atoms with Gasteiger partial charge in [-0.05, 0) is 86.2 Å². The van der Waals surface area contributed by atoms with Crippen molar-refractivity contribution in [3.05, 3.63) is 65.1 Å². The van der Waals surface area contributed by atoms with E-state index >= 15 is 0 Å². The summed E-state index contributed by atoms with van der Waals surface area (Å²) in [5.74, 6) is -1.19. The topological polar surface area (TPSA) is 81.8 Å². The lowest BCUT2D eigenvalue weighted by Gasteiger charge is -2.47. The van der Waals surface area contributed by atoms with Gasteiger partial charge in [0.15, 0.2) is 0 Å². The summed E-state index contributed by atoms with van der Waals surface area (Å²) in [6.45, 7) is 9.45. The van der Waals surface area contributed by atoms with Crippen LogP contribution in [0.3, 0.4) is 0 Å². The maximum absolute atomic E-state index is 13.1. The summed E-state index contributed by atoms with van der Waals surface area (Å²) < 4.78 is 13.1. The zero-order valence-electron chi connectivity index (χ0n) is 20.5. The molecule has 4 rings (SSSR count). The number of hydrogen-bond donors (Lipinski definition) is 2. The van der Waals surface area contributed by atoms with Crippen molar-refractivity contribution in [3.8, 4) is 0 Å². The molecule has 1 unspecified atom stereocenters. The first-order valence-electron chi connectivity index (χ1n) is 11.9. The molecule has 2 aliphatic heterocycles. The van der Waals surface area contributed by atoms with Gasteiger partial charge in [0.1, 0.15) is 18.1 Å². The summed E-state index contributed by atoms with van der Waals surface area (Å²) >= 11 is 0. The van der Waals surface area contributed by atoms with Crippen LogP contribution in [-0.4, -0.2) is 41.4 Å². The van der Waals surface area contributed by atoms with Gasteiger partial charge in [-0.25, -0.2) is 14.1 Å². The molecule has 1 saturated heterocycles. The Morgan fingerprint density at radius 1 is 1.20 bits per heavy atom. The van der Waals surface area contributed by atoms with Crippen molar-refractivity contribution in [2.24, 2.45) is 0 Å². The summed E-state index contributed by atoms with van der Waals surface area (Å²) in [6.07, 6.45) is 3.72. The third-order valence-corrected chi connectivity index (χ3v) is 6.56. The average Bonchev–Trinajstić information content (AvgIpc) is 3.05. The van der Waals surface area contributed by atoms with Crippen molar-refractivity contribution in [2.75, 3.05) is 23.3 Å². The Bertz CT molecular complexity index is 1190. The summed E-state index contributed by atoms with van der Waals surface area (Å²) in [4.78, 5) is 40.9. The first kappa shape index (κ1) is 24.4. The van der Waals surface area contributed by atoms with Crippen LogP contribution >= 0.6 is 0 Å². The van der Waals surface area contributed by atoms with Gasteiger partial charge in [-0.2, -0.15) is 0 Å². The van der Waals surface area contributed by atoms with Gasteiger partial charge < -0.3 is 15.5 Å². The van der Waals surface area contributed by atoms with Crippen LogP contribution in [-0.2, 0) is 9.59 Å². The van der Waals surface area contributed by atoms with Crippen LogP contribution in [0.1, 0.15) is 57.6 Å². The van der Waals surface area contributed by atoms with Crippen LogP contribution < -0.4 is 15.5 Å². The van der Waals surface area contributed by atoms with E-state index in [1.165, 1.54) is 35.5 Å². The largest absolute Gasteiger partial charge is 0.366 e. The Morgan fingerprint density at radius 3 is 2.60 bits per heavy atom. The maximum atomic E-state index is 13.1. The molecule has 0 spiro atoms. The smallest absolute Gasteiger partial charge is 0.329 e. The lowest BCUT2D eigenvalue weighted by molar-refractivity contribution is -0.127. The molecule has 0 aromatic heterocycles. The van der Waals surface area contributed by atoms with Gasteiger partial charge in [0, 0.05) is 23.5 Å². The molecule has 2 aromatic carbocycles. The predicted molar refractivity (Wildman–Crippen MR) is 134 cm³/mol. The number of fused-ring (bicyclic) bond motifs is 1. The van der Waals surface area contributed by atoms with E-state index in [-0.39, 0.29) is 11.2 Å². The third-order valence-electron chi connectivity index (χ3n) is 6.56. The van der Waals surface area contributed by atoms with E-state index in [0.717, 1.165) is 29.8 Å². The zero-order valence-corrected chi connectivity index (χ0v) is 20.5. The number of rotatable bonds is 6. The minimum Gasteiger partial charge on any atom is -0.366 e.